The van der Waals surface area contributed by atoms with E-state index >= 15 is 0 Å². The number of fused-ring (bicyclic) bond motifs is 1. The average molecular weight is 901 g/mol. The third kappa shape index (κ3) is 9.28. The molecule has 5 saturated heterocycles. The van der Waals surface area contributed by atoms with Crippen molar-refractivity contribution in [1.82, 2.24) is 40.1 Å². The first-order valence-electron chi connectivity index (χ1n) is 22.3. The van der Waals surface area contributed by atoms with Crippen LogP contribution in [-0.4, -0.2) is 154 Å². The smallest absolute Gasteiger partial charge is 0.371 e. The van der Waals surface area contributed by atoms with Gasteiger partial charge in [-0.1, -0.05) is 12.1 Å². The number of piperidine rings is 4. The van der Waals surface area contributed by atoms with E-state index < -0.39 is 54.3 Å². The normalized spacial score (nSPS) is 22.8. The van der Waals surface area contributed by atoms with E-state index in [-0.39, 0.29) is 60.6 Å². The minimum atomic E-state index is -4.48. The summed E-state index contributed by atoms with van der Waals surface area (Å²) >= 11 is 0. The first kappa shape index (κ1) is 43.9. The van der Waals surface area contributed by atoms with Crippen LogP contribution in [0, 0.1) is 5.92 Å². The Labute approximate surface area is 372 Å². The maximum atomic E-state index is 13.4. The van der Waals surface area contributed by atoms with Crippen molar-refractivity contribution in [3.8, 4) is 0 Å². The molecule has 4 N–H and O–H groups in total. The van der Waals surface area contributed by atoms with E-state index in [4.69, 9.17) is 5.73 Å². The van der Waals surface area contributed by atoms with Crippen LogP contribution < -0.4 is 26.2 Å². The Balaban J connectivity index is 0.750. The molecule has 1 aromatic heterocycles. The Morgan fingerprint density at radius 3 is 2.26 bits per heavy atom. The second-order valence-electron chi connectivity index (χ2n) is 17.9. The molecule has 9 rings (SSSR count). The number of rotatable bonds is 11. The van der Waals surface area contributed by atoms with Gasteiger partial charge >= 0.3 is 12.2 Å². The number of carbonyl (C=O) groups excluding carboxylic acids is 6. The van der Waals surface area contributed by atoms with Crippen molar-refractivity contribution in [3.05, 3.63) is 64.8 Å². The summed E-state index contributed by atoms with van der Waals surface area (Å²) in [6.07, 6.45) is 0.998. The van der Waals surface area contributed by atoms with Crippen LogP contribution in [0.25, 0.3) is 0 Å². The molecule has 7 heterocycles. The summed E-state index contributed by atoms with van der Waals surface area (Å²) in [5.41, 5.74) is 8.82. The molecule has 2 aromatic carbocycles. The highest BCUT2D eigenvalue weighted by Gasteiger charge is 2.45. The van der Waals surface area contributed by atoms with Gasteiger partial charge in [0, 0.05) is 63.6 Å². The zero-order valence-corrected chi connectivity index (χ0v) is 35.8. The standard InChI is InChI=1S/C44H51F3N12O6/c45-44(46,47)25-57-20-21-58(43(57)65)31-2-1-15-56(24-31)42-51-38(36(37(48)61)52-53-42)49-29-5-3-27(4-6-29)28-13-16-54(17-14-28)23-26-11-18-55(19-12-26)30-7-8-32-33(22-30)41(64)59(40(32)63)34-9-10-35(60)50-39(34)62/h3-8,22,26,28,31,34H,1-2,9-21,23-25H2,(H2,48,61)(H,49,51,53)(H,50,60,62). The number of aromatic nitrogens is 3. The zero-order valence-electron chi connectivity index (χ0n) is 35.8. The molecule has 0 saturated carbocycles. The van der Waals surface area contributed by atoms with Gasteiger partial charge in [-0.3, -0.25) is 34.2 Å². The minimum absolute atomic E-state index is 0.00375. The van der Waals surface area contributed by atoms with E-state index in [1.54, 1.807) is 12.1 Å². The van der Waals surface area contributed by atoms with E-state index in [0.717, 1.165) is 73.9 Å². The molecule has 6 aliphatic heterocycles. The number of nitrogens with two attached hydrogens (primary N) is 1. The molecule has 0 spiro atoms. The molecule has 3 aromatic rings. The lowest BCUT2D eigenvalue weighted by molar-refractivity contribution is -0.139. The predicted octanol–water partition coefficient (Wildman–Crippen LogP) is 3.48. The van der Waals surface area contributed by atoms with Gasteiger partial charge in [0.25, 0.3) is 17.7 Å². The molecule has 5 fully saturated rings. The molecule has 18 nitrogen and oxygen atoms in total. The number of benzene rings is 2. The largest absolute Gasteiger partial charge is 0.406 e. The highest BCUT2D eigenvalue weighted by atomic mass is 19.4. The monoisotopic (exact) mass is 900 g/mol. The van der Waals surface area contributed by atoms with Crippen LogP contribution >= 0.6 is 0 Å². The van der Waals surface area contributed by atoms with E-state index in [1.165, 1.54) is 10.5 Å². The maximum Gasteiger partial charge on any atom is 0.406 e. The van der Waals surface area contributed by atoms with Gasteiger partial charge in [0.15, 0.2) is 11.5 Å². The Hall–Kier alpha value is -6.38. The van der Waals surface area contributed by atoms with Gasteiger partial charge in [-0.15, -0.1) is 10.2 Å². The number of hydrogen-bond acceptors (Lipinski definition) is 13. The lowest BCUT2D eigenvalue weighted by Crippen LogP contribution is -2.54. The first-order valence-corrected chi connectivity index (χ1v) is 22.3. The highest BCUT2D eigenvalue weighted by molar-refractivity contribution is 6.23. The van der Waals surface area contributed by atoms with Crippen LogP contribution in [0.5, 0.6) is 0 Å². The van der Waals surface area contributed by atoms with E-state index in [0.29, 0.717) is 43.5 Å². The van der Waals surface area contributed by atoms with Gasteiger partial charge in [-0.05, 0) is 106 Å². The lowest BCUT2D eigenvalue weighted by Gasteiger charge is -2.38. The topological polar surface area (TPSA) is 211 Å². The molecule has 2 unspecified atom stereocenters. The van der Waals surface area contributed by atoms with Gasteiger partial charge in [0.2, 0.25) is 17.8 Å². The molecule has 0 bridgehead atoms. The van der Waals surface area contributed by atoms with Gasteiger partial charge in [-0.25, -0.2) is 4.79 Å². The number of imide groups is 2. The fourth-order valence-corrected chi connectivity index (χ4v) is 10.2. The Morgan fingerprint density at radius 1 is 0.815 bits per heavy atom. The van der Waals surface area contributed by atoms with Crippen molar-refractivity contribution >= 4 is 58.7 Å². The second kappa shape index (κ2) is 17.9. The summed E-state index contributed by atoms with van der Waals surface area (Å²) in [5.74, 6) is -1.60. The van der Waals surface area contributed by atoms with E-state index in [2.05, 4.69) is 47.7 Å². The minimum Gasteiger partial charge on any atom is -0.371 e. The van der Waals surface area contributed by atoms with Crippen LogP contribution in [0.1, 0.15) is 94.1 Å². The molecule has 21 heteroatoms. The number of halogens is 3. The fraction of sp³-hybridized carbons (Fsp3) is 0.523. The molecule has 2 atom stereocenters. The van der Waals surface area contributed by atoms with E-state index in [1.807, 2.05) is 23.1 Å². The Kier molecular flexibility index (Phi) is 12.1. The second-order valence-corrected chi connectivity index (χ2v) is 17.9. The summed E-state index contributed by atoms with van der Waals surface area (Å²) < 4.78 is 39.1. The number of hydrogen-bond donors (Lipinski definition) is 3. The number of nitrogens with one attached hydrogen (secondary N) is 2. The number of likely N-dealkylation sites (tertiary alicyclic amines) is 1. The molecule has 6 aliphatic rings. The zero-order chi connectivity index (χ0) is 45.6. The molecule has 0 aliphatic carbocycles. The average Bonchev–Trinajstić information content (AvgIpc) is 3.77. The van der Waals surface area contributed by atoms with Crippen LogP contribution in [0.2, 0.25) is 0 Å². The molecular weight excluding hydrogens is 850 g/mol. The molecule has 344 valence electrons. The summed E-state index contributed by atoms with van der Waals surface area (Å²) in [7, 11) is 0. The Morgan fingerprint density at radius 2 is 1.55 bits per heavy atom. The Bertz CT molecular complexity index is 2370. The van der Waals surface area contributed by atoms with E-state index in [9.17, 15) is 41.9 Å². The predicted molar refractivity (Wildman–Crippen MR) is 230 cm³/mol. The number of amides is 7. The van der Waals surface area contributed by atoms with Crippen LogP contribution in [0.3, 0.4) is 0 Å². The van der Waals surface area contributed by atoms with Gasteiger partial charge in [-0.2, -0.15) is 18.2 Å². The first-order chi connectivity index (χ1) is 31.2. The number of alkyl halides is 3. The number of primary amides is 1. The van der Waals surface area contributed by atoms with Crippen molar-refractivity contribution in [1.29, 1.82) is 0 Å². The number of nitrogens with zero attached hydrogens (tertiary/aromatic N) is 9. The third-order valence-electron chi connectivity index (χ3n) is 13.7. The van der Waals surface area contributed by atoms with Crippen molar-refractivity contribution in [2.24, 2.45) is 11.7 Å². The summed E-state index contributed by atoms with van der Waals surface area (Å²) in [6.45, 7) is 4.36. The summed E-state index contributed by atoms with van der Waals surface area (Å²) in [5, 5.41) is 13.6. The molecule has 65 heavy (non-hydrogen) atoms. The molecule has 7 amide bonds. The molecular formula is C44H51F3N12O6. The third-order valence-corrected chi connectivity index (χ3v) is 13.7. The van der Waals surface area contributed by atoms with Crippen LogP contribution in [0.15, 0.2) is 42.5 Å². The SMILES string of the molecule is NC(=O)c1nnc(N2CCCC(N3CCN(CC(F)(F)F)C3=O)C2)nc1Nc1ccc(C2CCN(CC3CCN(c4ccc5c(c4)C(=O)N(C4CCC(=O)NC4=O)C5=O)CC3)CC2)cc1. The number of carbonyl (C=O) groups is 6. The van der Waals surface area contributed by atoms with Gasteiger partial charge < -0.3 is 35.6 Å². The number of anilines is 4. The summed E-state index contributed by atoms with van der Waals surface area (Å²) in [4.78, 5) is 90.3. The maximum absolute atomic E-state index is 13.4. The highest BCUT2D eigenvalue weighted by Crippen LogP contribution is 2.35. The van der Waals surface area contributed by atoms with Crippen molar-refractivity contribution in [3.63, 3.8) is 0 Å². The van der Waals surface area contributed by atoms with Gasteiger partial charge in [0.05, 0.1) is 17.2 Å². The van der Waals surface area contributed by atoms with Crippen molar-refractivity contribution in [2.75, 3.05) is 80.6 Å². The van der Waals surface area contributed by atoms with Gasteiger partial charge in [0.1, 0.15) is 12.6 Å². The number of urea groups is 1. The lowest BCUT2D eigenvalue weighted by atomic mass is 9.88. The quantitative estimate of drug-likeness (QED) is 0.236. The molecule has 0 radical (unpaired) electrons. The fourth-order valence-electron chi connectivity index (χ4n) is 10.2. The van der Waals surface area contributed by atoms with Crippen LogP contribution in [0.4, 0.5) is 41.1 Å². The van der Waals surface area contributed by atoms with Crippen molar-refractivity contribution in [2.45, 2.75) is 75.5 Å². The summed E-state index contributed by atoms with van der Waals surface area (Å²) in [6, 6.07) is 11.3. The van der Waals surface area contributed by atoms with Crippen molar-refractivity contribution < 1.29 is 41.9 Å². The van der Waals surface area contributed by atoms with Crippen LogP contribution in [-0.2, 0) is 9.59 Å².